The van der Waals surface area contributed by atoms with Gasteiger partial charge in [0.15, 0.2) is 0 Å². The summed E-state index contributed by atoms with van der Waals surface area (Å²) in [7, 11) is 1.62. The zero-order valence-corrected chi connectivity index (χ0v) is 20.6. The largest absolute Gasteiger partial charge is 0.497 e. The number of carbonyl (C=O) groups excluding carboxylic acids is 2. The first kappa shape index (κ1) is 25.5. The number of methoxy groups -OCH3 is 1. The molecule has 34 heavy (non-hydrogen) atoms. The number of aromatic nitrogens is 1. The summed E-state index contributed by atoms with van der Waals surface area (Å²) in [4.78, 5) is 32.2. The molecule has 2 heterocycles. The van der Waals surface area contributed by atoms with Crippen LogP contribution in [0.15, 0.2) is 30.3 Å². The minimum Gasteiger partial charge on any atom is -0.497 e. The summed E-state index contributed by atoms with van der Waals surface area (Å²) in [6, 6.07) is 9.19. The fourth-order valence-corrected chi connectivity index (χ4v) is 4.11. The number of hydrogen-bond acceptors (Lipinski definition) is 5. The predicted molar refractivity (Wildman–Crippen MR) is 133 cm³/mol. The number of amides is 3. The van der Waals surface area contributed by atoms with Crippen molar-refractivity contribution in [2.24, 2.45) is 0 Å². The molecule has 1 aliphatic rings. The fourth-order valence-electron chi connectivity index (χ4n) is 4.11. The van der Waals surface area contributed by atoms with Crippen molar-refractivity contribution in [3.8, 4) is 5.75 Å². The number of benzene rings is 1. The lowest BCUT2D eigenvalue weighted by atomic mass is 9.90. The highest BCUT2D eigenvalue weighted by Gasteiger charge is 2.28. The van der Waals surface area contributed by atoms with Crippen LogP contribution in [0, 0.1) is 13.8 Å². The lowest BCUT2D eigenvalue weighted by molar-refractivity contribution is 0.0912. The Hall–Kier alpha value is -3.13. The van der Waals surface area contributed by atoms with E-state index in [0.717, 1.165) is 47.7 Å². The minimum atomic E-state index is -0.127. The zero-order valence-electron chi connectivity index (χ0n) is 20.6. The Bertz CT molecular complexity index is 987. The van der Waals surface area contributed by atoms with Crippen LogP contribution in [-0.2, 0) is 4.74 Å². The average Bonchev–Trinajstić information content (AvgIpc) is 2.85. The molecule has 1 aliphatic heterocycles. The third-order valence-corrected chi connectivity index (χ3v) is 6.03. The molecule has 2 N–H and O–H groups in total. The van der Waals surface area contributed by atoms with Crippen molar-refractivity contribution < 1.29 is 19.1 Å². The van der Waals surface area contributed by atoms with Gasteiger partial charge in [0.25, 0.3) is 5.91 Å². The van der Waals surface area contributed by atoms with Gasteiger partial charge in [-0.2, -0.15) is 0 Å². The maximum absolute atomic E-state index is 12.8. The summed E-state index contributed by atoms with van der Waals surface area (Å²) < 4.78 is 10.7. The Morgan fingerprint density at radius 1 is 1.12 bits per heavy atom. The molecule has 0 unspecified atom stereocenters. The van der Waals surface area contributed by atoms with E-state index >= 15 is 0 Å². The molecule has 1 aromatic heterocycles. The fraction of sp³-hybridized carbons (Fsp3) is 0.500. The second kappa shape index (κ2) is 12.4. The smallest absolute Gasteiger partial charge is 0.321 e. The molecule has 0 spiro atoms. The molecule has 0 aliphatic carbocycles. The number of carbonyl (C=O) groups is 2. The first-order chi connectivity index (χ1) is 16.4. The summed E-state index contributed by atoms with van der Waals surface area (Å²) in [5.74, 6) is 0.761. The molecule has 0 atom stereocenters. The van der Waals surface area contributed by atoms with Gasteiger partial charge in [0.1, 0.15) is 5.75 Å². The van der Waals surface area contributed by atoms with E-state index in [9.17, 15) is 9.59 Å². The third kappa shape index (κ3) is 6.70. The van der Waals surface area contributed by atoms with E-state index in [0.29, 0.717) is 38.4 Å². The maximum Gasteiger partial charge on any atom is 0.321 e. The van der Waals surface area contributed by atoms with Crippen molar-refractivity contribution in [1.29, 1.82) is 0 Å². The van der Waals surface area contributed by atoms with Crippen LogP contribution in [0.25, 0.3) is 0 Å². The Morgan fingerprint density at radius 3 is 2.56 bits per heavy atom. The molecule has 1 fully saturated rings. The van der Waals surface area contributed by atoms with Crippen LogP contribution < -0.4 is 15.4 Å². The van der Waals surface area contributed by atoms with Crippen LogP contribution in [0.1, 0.15) is 59.4 Å². The third-order valence-electron chi connectivity index (χ3n) is 6.03. The van der Waals surface area contributed by atoms with Crippen LogP contribution in [0.3, 0.4) is 0 Å². The summed E-state index contributed by atoms with van der Waals surface area (Å²) in [6.45, 7) is 8.79. The molecule has 1 saturated heterocycles. The van der Waals surface area contributed by atoms with Crippen LogP contribution in [0.2, 0.25) is 0 Å². The molecule has 184 valence electrons. The second-order valence-electron chi connectivity index (χ2n) is 8.63. The van der Waals surface area contributed by atoms with Crippen molar-refractivity contribution in [3.05, 3.63) is 52.8 Å². The molecular formula is C26H36N4O4. The van der Waals surface area contributed by atoms with E-state index in [1.807, 2.05) is 49.1 Å². The van der Waals surface area contributed by atoms with Gasteiger partial charge >= 0.3 is 6.03 Å². The molecule has 0 saturated carbocycles. The number of likely N-dealkylation sites (tertiary alicyclic amines) is 1. The topological polar surface area (TPSA) is 92.8 Å². The number of hydrogen-bond donors (Lipinski definition) is 2. The van der Waals surface area contributed by atoms with E-state index in [1.54, 1.807) is 7.11 Å². The zero-order chi connectivity index (χ0) is 24.5. The Labute approximate surface area is 202 Å². The number of piperidine rings is 1. The number of nitrogens with zero attached hydrogens (tertiary/aromatic N) is 2. The van der Waals surface area contributed by atoms with Crippen molar-refractivity contribution >= 4 is 17.6 Å². The van der Waals surface area contributed by atoms with Gasteiger partial charge in [-0.25, -0.2) is 4.79 Å². The number of aryl methyl sites for hydroxylation is 2. The highest BCUT2D eigenvalue weighted by atomic mass is 16.5. The summed E-state index contributed by atoms with van der Waals surface area (Å²) in [5.41, 5.74) is 4.03. The monoisotopic (exact) mass is 468 g/mol. The molecule has 2 aromatic rings. The lowest BCUT2D eigenvalue weighted by Crippen LogP contribution is -2.41. The number of pyridine rings is 1. The molecule has 0 radical (unpaired) electrons. The normalized spacial score (nSPS) is 14.1. The number of rotatable bonds is 9. The molecule has 8 nitrogen and oxygen atoms in total. The maximum atomic E-state index is 12.8. The highest BCUT2D eigenvalue weighted by molar-refractivity contribution is 5.95. The van der Waals surface area contributed by atoms with Crippen molar-refractivity contribution in [2.45, 2.75) is 46.0 Å². The van der Waals surface area contributed by atoms with E-state index < -0.39 is 0 Å². The van der Waals surface area contributed by atoms with Crippen molar-refractivity contribution in [3.63, 3.8) is 0 Å². The molecule has 1 aromatic carbocycles. The van der Waals surface area contributed by atoms with Crippen LogP contribution in [0.4, 0.5) is 10.5 Å². The van der Waals surface area contributed by atoms with E-state index in [4.69, 9.17) is 14.5 Å². The van der Waals surface area contributed by atoms with Gasteiger partial charge < -0.3 is 25.0 Å². The molecule has 3 amide bonds. The van der Waals surface area contributed by atoms with Gasteiger partial charge in [-0.05, 0) is 69.0 Å². The van der Waals surface area contributed by atoms with E-state index in [1.165, 1.54) is 0 Å². The minimum absolute atomic E-state index is 0.117. The van der Waals surface area contributed by atoms with Crippen LogP contribution >= 0.6 is 0 Å². The standard InChI is InChI=1S/C26H36N4O4/c1-5-15-34-16-12-27-25(31)22-8-6-19(3)28-24(22)20-10-13-30(14-11-20)26(32)29-23-9-7-21(33-4)17-18(23)2/h6-9,17,20H,5,10-16H2,1-4H3,(H,27,31)(H,29,32). The number of nitrogens with one attached hydrogen (secondary N) is 2. The van der Waals surface area contributed by atoms with Gasteiger partial charge in [0.05, 0.1) is 25.0 Å². The lowest BCUT2D eigenvalue weighted by Gasteiger charge is -2.32. The van der Waals surface area contributed by atoms with Crippen LogP contribution in [-0.4, -0.2) is 61.8 Å². The first-order valence-corrected chi connectivity index (χ1v) is 12.0. The predicted octanol–water partition coefficient (Wildman–Crippen LogP) is 4.27. The molecule has 3 rings (SSSR count). The number of anilines is 1. The Balaban J connectivity index is 1.59. The summed E-state index contributed by atoms with van der Waals surface area (Å²) in [6.07, 6.45) is 2.47. The van der Waals surface area contributed by atoms with Gasteiger partial charge in [-0.15, -0.1) is 0 Å². The first-order valence-electron chi connectivity index (χ1n) is 12.0. The van der Waals surface area contributed by atoms with Gasteiger partial charge in [0.2, 0.25) is 0 Å². The molecule has 0 bridgehead atoms. The van der Waals surface area contributed by atoms with Gasteiger partial charge in [0, 0.05) is 43.5 Å². The summed E-state index contributed by atoms with van der Waals surface area (Å²) >= 11 is 0. The van der Waals surface area contributed by atoms with E-state index in [-0.39, 0.29) is 17.9 Å². The Kier molecular flexibility index (Phi) is 9.27. The molecule has 8 heteroatoms. The van der Waals surface area contributed by atoms with E-state index in [2.05, 4.69) is 17.6 Å². The second-order valence-corrected chi connectivity index (χ2v) is 8.63. The van der Waals surface area contributed by atoms with Gasteiger partial charge in [-0.3, -0.25) is 9.78 Å². The molecular weight excluding hydrogens is 432 g/mol. The van der Waals surface area contributed by atoms with Gasteiger partial charge in [-0.1, -0.05) is 6.92 Å². The Morgan fingerprint density at radius 2 is 1.88 bits per heavy atom. The highest BCUT2D eigenvalue weighted by Crippen LogP contribution is 2.30. The average molecular weight is 469 g/mol. The SMILES string of the molecule is CCCOCCNC(=O)c1ccc(C)nc1C1CCN(C(=O)Nc2ccc(OC)cc2C)CC1. The van der Waals surface area contributed by atoms with Crippen molar-refractivity contribution in [2.75, 3.05) is 45.3 Å². The number of ether oxygens (including phenoxy) is 2. The quantitative estimate of drug-likeness (QED) is 0.536. The summed E-state index contributed by atoms with van der Waals surface area (Å²) in [5, 5.41) is 5.94. The number of urea groups is 1. The van der Waals surface area contributed by atoms with Crippen molar-refractivity contribution in [1.82, 2.24) is 15.2 Å². The van der Waals surface area contributed by atoms with Crippen LogP contribution in [0.5, 0.6) is 5.75 Å².